The van der Waals surface area contributed by atoms with Crippen LogP contribution >= 0.6 is 0 Å². The molecule has 0 saturated carbocycles. The van der Waals surface area contributed by atoms with Gasteiger partial charge < -0.3 is 15.9 Å². The van der Waals surface area contributed by atoms with Crippen LogP contribution in [0.25, 0.3) is 0 Å². The zero-order chi connectivity index (χ0) is 8.31. The largest absolute Gasteiger partial charge is 0.479 e. The molecule has 0 bridgehead atoms. The predicted molar refractivity (Wildman–Crippen MR) is 36.5 cm³/mol. The first-order valence-corrected chi connectivity index (χ1v) is 3.13. The van der Waals surface area contributed by atoms with Gasteiger partial charge in [-0.15, -0.1) is 0 Å². The van der Waals surface area contributed by atoms with Gasteiger partial charge in [0, 0.05) is 6.04 Å². The van der Waals surface area contributed by atoms with Crippen LogP contribution in [0.4, 0.5) is 0 Å². The van der Waals surface area contributed by atoms with E-state index in [1.165, 1.54) is 0 Å². The van der Waals surface area contributed by atoms with E-state index < -0.39 is 18.1 Å². The van der Waals surface area contributed by atoms with Gasteiger partial charge in [-0.1, -0.05) is 13.8 Å². The summed E-state index contributed by atoms with van der Waals surface area (Å²) in [6, 6.07) is -0.683. The molecule has 0 unspecified atom stereocenters. The van der Waals surface area contributed by atoms with Crippen LogP contribution in [-0.4, -0.2) is 28.3 Å². The third-order valence-corrected chi connectivity index (χ3v) is 1.39. The van der Waals surface area contributed by atoms with Gasteiger partial charge >= 0.3 is 5.97 Å². The molecule has 0 aliphatic carbocycles. The van der Waals surface area contributed by atoms with E-state index in [-0.39, 0.29) is 5.92 Å². The van der Waals surface area contributed by atoms with Crippen molar-refractivity contribution in [2.75, 3.05) is 0 Å². The fourth-order valence-electron chi connectivity index (χ4n) is 0.529. The summed E-state index contributed by atoms with van der Waals surface area (Å²) in [5.74, 6) is -1.28. The zero-order valence-electron chi connectivity index (χ0n) is 6.11. The first-order valence-electron chi connectivity index (χ1n) is 3.13. The second-order valence-corrected chi connectivity index (χ2v) is 2.60. The third kappa shape index (κ3) is 2.33. The number of hydrogen-bond donors (Lipinski definition) is 3. The molecule has 0 saturated heterocycles. The molecule has 0 aliphatic rings. The maximum absolute atomic E-state index is 10.1. The van der Waals surface area contributed by atoms with E-state index in [2.05, 4.69) is 0 Å². The Bertz CT molecular complexity index is 124. The summed E-state index contributed by atoms with van der Waals surface area (Å²) in [5.41, 5.74) is 5.33. The molecule has 2 atom stereocenters. The summed E-state index contributed by atoms with van der Waals surface area (Å²) < 4.78 is 0. The Balaban J connectivity index is 3.94. The number of aliphatic hydroxyl groups is 1. The van der Waals surface area contributed by atoms with E-state index in [9.17, 15) is 4.79 Å². The summed E-state index contributed by atoms with van der Waals surface area (Å²) >= 11 is 0. The lowest BCUT2D eigenvalue weighted by molar-refractivity contribution is -0.148. The number of rotatable bonds is 3. The molecule has 0 aromatic rings. The average Bonchev–Trinajstić information content (AvgIpc) is 1.84. The smallest absolute Gasteiger partial charge is 0.334 e. The van der Waals surface area contributed by atoms with Crippen LogP contribution in [0.3, 0.4) is 0 Å². The van der Waals surface area contributed by atoms with E-state index in [0.717, 1.165) is 0 Å². The SMILES string of the molecule is CC(C)[C@@H](N)[C@@H](O)C(=O)O. The molecule has 0 heterocycles. The number of aliphatic carboxylic acids is 1. The molecular formula is C6H13NO3. The molecule has 0 aromatic heterocycles. The molecule has 0 fully saturated rings. The fraction of sp³-hybridized carbons (Fsp3) is 0.833. The van der Waals surface area contributed by atoms with Crippen LogP contribution in [0.15, 0.2) is 0 Å². The Kier molecular flexibility index (Phi) is 3.32. The zero-order valence-corrected chi connectivity index (χ0v) is 6.11. The molecule has 0 radical (unpaired) electrons. The van der Waals surface area contributed by atoms with Gasteiger partial charge in [-0.3, -0.25) is 0 Å². The number of nitrogens with two attached hydrogens (primary N) is 1. The highest BCUT2D eigenvalue weighted by molar-refractivity contribution is 5.72. The Morgan fingerprint density at radius 3 is 2.00 bits per heavy atom. The molecule has 0 aliphatic heterocycles. The number of carboxylic acid groups (broad SMARTS) is 1. The summed E-state index contributed by atoms with van der Waals surface area (Å²) in [6.45, 7) is 3.52. The molecule has 4 N–H and O–H groups in total. The summed E-state index contributed by atoms with van der Waals surface area (Å²) in [6.07, 6.45) is -1.44. The average molecular weight is 147 g/mol. The highest BCUT2D eigenvalue weighted by atomic mass is 16.4. The van der Waals surface area contributed by atoms with Crippen LogP contribution < -0.4 is 5.73 Å². The van der Waals surface area contributed by atoms with Gasteiger partial charge in [0.25, 0.3) is 0 Å². The lowest BCUT2D eigenvalue weighted by atomic mass is 10.00. The van der Waals surface area contributed by atoms with Crippen molar-refractivity contribution >= 4 is 5.97 Å². The Labute approximate surface area is 59.7 Å². The van der Waals surface area contributed by atoms with E-state index in [4.69, 9.17) is 15.9 Å². The Morgan fingerprint density at radius 1 is 1.50 bits per heavy atom. The Morgan fingerprint density at radius 2 is 1.90 bits per heavy atom. The molecule has 0 spiro atoms. The molecule has 60 valence electrons. The Hall–Kier alpha value is -0.610. The molecule has 0 rings (SSSR count). The second-order valence-electron chi connectivity index (χ2n) is 2.60. The van der Waals surface area contributed by atoms with Crippen molar-refractivity contribution < 1.29 is 15.0 Å². The molecular weight excluding hydrogens is 134 g/mol. The van der Waals surface area contributed by atoms with Crippen molar-refractivity contribution in [2.24, 2.45) is 11.7 Å². The molecule has 4 nitrogen and oxygen atoms in total. The van der Waals surface area contributed by atoms with Crippen molar-refractivity contribution in [1.29, 1.82) is 0 Å². The maximum atomic E-state index is 10.1. The minimum Gasteiger partial charge on any atom is -0.479 e. The van der Waals surface area contributed by atoms with Gasteiger partial charge in [0.05, 0.1) is 0 Å². The normalized spacial score (nSPS) is 16.9. The van der Waals surface area contributed by atoms with Gasteiger partial charge in [0.2, 0.25) is 0 Å². The predicted octanol–water partition coefficient (Wildman–Crippen LogP) is -0.585. The van der Waals surface area contributed by atoms with Crippen LogP contribution in [0.2, 0.25) is 0 Å². The number of carbonyl (C=O) groups is 1. The van der Waals surface area contributed by atoms with Crippen molar-refractivity contribution in [3.05, 3.63) is 0 Å². The molecule has 0 amide bonds. The maximum Gasteiger partial charge on any atom is 0.334 e. The summed E-state index contributed by atoms with van der Waals surface area (Å²) in [4.78, 5) is 10.1. The van der Waals surface area contributed by atoms with Crippen molar-refractivity contribution in [3.63, 3.8) is 0 Å². The quantitative estimate of drug-likeness (QED) is 0.498. The highest BCUT2D eigenvalue weighted by Gasteiger charge is 2.24. The number of carboxylic acids is 1. The van der Waals surface area contributed by atoms with Crippen molar-refractivity contribution in [1.82, 2.24) is 0 Å². The van der Waals surface area contributed by atoms with Crippen LogP contribution in [0.1, 0.15) is 13.8 Å². The van der Waals surface area contributed by atoms with Gasteiger partial charge in [-0.2, -0.15) is 0 Å². The number of aliphatic hydroxyl groups excluding tert-OH is 1. The lowest BCUT2D eigenvalue weighted by Crippen LogP contribution is -2.43. The number of hydrogen-bond acceptors (Lipinski definition) is 3. The monoisotopic (exact) mass is 147 g/mol. The first-order chi connectivity index (χ1) is 4.46. The van der Waals surface area contributed by atoms with Crippen LogP contribution in [-0.2, 0) is 4.79 Å². The summed E-state index contributed by atoms with van der Waals surface area (Å²) in [5, 5.41) is 17.1. The first kappa shape index (κ1) is 9.39. The van der Waals surface area contributed by atoms with E-state index in [1.54, 1.807) is 13.8 Å². The van der Waals surface area contributed by atoms with Gasteiger partial charge in [0.15, 0.2) is 6.10 Å². The lowest BCUT2D eigenvalue weighted by Gasteiger charge is -2.17. The summed E-state index contributed by atoms with van der Waals surface area (Å²) in [7, 11) is 0. The second kappa shape index (κ2) is 3.53. The minimum atomic E-state index is -1.44. The molecule has 0 aromatic carbocycles. The van der Waals surface area contributed by atoms with Crippen LogP contribution in [0.5, 0.6) is 0 Å². The van der Waals surface area contributed by atoms with Gasteiger partial charge in [-0.05, 0) is 5.92 Å². The minimum absolute atomic E-state index is 0.0221. The highest BCUT2D eigenvalue weighted by Crippen LogP contribution is 2.02. The van der Waals surface area contributed by atoms with E-state index >= 15 is 0 Å². The standard InChI is InChI=1S/C6H13NO3/c1-3(2)4(7)5(8)6(9)10/h3-5,8H,7H2,1-2H3,(H,9,10)/t4-,5-/m1/s1. The van der Waals surface area contributed by atoms with E-state index in [0.29, 0.717) is 0 Å². The van der Waals surface area contributed by atoms with Gasteiger partial charge in [0.1, 0.15) is 0 Å². The topological polar surface area (TPSA) is 83.5 Å². The van der Waals surface area contributed by atoms with Crippen molar-refractivity contribution in [3.8, 4) is 0 Å². The van der Waals surface area contributed by atoms with Gasteiger partial charge in [-0.25, -0.2) is 4.79 Å². The molecule has 4 heteroatoms. The van der Waals surface area contributed by atoms with E-state index in [1.807, 2.05) is 0 Å². The van der Waals surface area contributed by atoms with Crippen molar-refractivity contribution in [2.45, 2.75) is 26.0 Å². The third-order valence-electron chi connectivity index (χ3n) is 1.39. The fourth-order valence-corrected chi connectivity index (χ4v) is 0.529. The molecule has 10 heavy (non-hydrogen) atoms. The van der Waals surface area contributed by atoms with Crippen LogP contribution in [0, 0.1) is 5.92 Å².